The lowest BCUT2D eigenvalue weighted by atomic mass is 9.94. The molecule has 1 aromatic rings. The van der Waals surface area contributed by atoms with Gasteiger partial charge < -0.3 is 39.6 Å². The van der Waals surface area contributed by atoms with Crippen LogP contribution in [0.4, 0.5) is 5.69 Å². The molecule has 0 amide bonds. The Hall–Kier alpha value is -0.780. The van der Waals surface area contributed by atoms with Crippen molar-refractivity contribution >= 4 is 5.69 Å². The smallest absolute Gasteiger partial charge is 0.132 e. The molecule has 1 fully saturated rings. The first kappa shape index (κ1) is 23.3. The Morgan fingerprint density at radius 1 is 1.04 bits per heavy atom. The van der Waals surface area contributed by atoms with E-state index < -0.39 is 0 Å². The Kier molecular flexibility index (Phi) is 10.6. The van der Waals surface area contributed by atoms with Crippen molar-refractivity contribution in [2.75, 3.05) is 39.8 Å². The maximum Gasteiger partial charge on any atom is 0.132 e. The predicted octanol–water partition coefficient (Wildman–Crippen LogP) is -5.63. The number of halogens is 2. The second-order valence-electron chi connectivity index (χ2n) is 7.16. The topological polar surface area (TPSA) is 38.3 Å². The van der Waals surface area contributed by atoms with E-state index in [0.717, 1.165) is 31.6 Å². The maximum absolute atomic E-state index is 10.4. The van der Waals surface area contributed by atoms with Crippen LogP contribution in [0.2, 0.25) is 0 Å². The van der Waals surface area contributed by atoms with Crippen molar-refractivity contribution in [2.24, 2.45) is 0 Å². The van der Waals surface area contributed by atoms with Gasteiger partial charge in [0, 0.05) is 18.6 Å². The van der Waals surface area contributed by atoms with Crippen LogP contribution in [0.15, 0.2) is 35.9 Å². The summed E-state index contributed by atoms with van der Waals surface area (Å²) >= 11 is 0. The normalized spacial score (nSPS) is 23.8. The van der Waals surface area contributed by atoms with E-state index in [-0.39, 0.29) is 30.9 Å². The molecule has 1 heterocycles. The Morgan fingerprint density at radius 3 is 2.31 bits per heavy atom. The molecule has 148 valence electrons. The molecule has 6 heteroatoms. The number of nitrogens with one attached hydrogen (secondary N) is 2. The zero-order chi connectivity index (χ0) is 16.8. The van der Waals surface area contributed by atoms with Crippen molar-refractivity contribution in [3.63, 3.8) is 0 Å². The predicted molar refractivity (Wildman–Crippen MR) is 96.1 cm³/mol. The number of ether oxygens (including phenoxy) is 1. The van der Waals surface area contributed by atoms with Crippen LogP contribution in [0.3, 0.4) is 0 Å². The minimum atomic E-state index is -0.204. The van der Waals surface area contributed by atoms with Gasteiger partial charge in [0.2, 0.25) is 0 Å². The van der Waals surface area contributed by atoms with E-state index in [1.54, 1.807) is 16.9 Å². The fourth-order valence-electron chi connectivity index (χ4n) is 3.96. The highest BCUT2D eigenvalue weighted by molar-refractivity contribution is 5.35. The summed E-state index contributed by atoms with van der Waals surface area (Å²) in [5, 5.41) is 10.4. The highest BCUT2D eigenvalue weighted by atomic mass is 35.5. The summed E-state index contributed by atoms with van der Waals surface area (Å²) < 4.78 is 5.24. The van der Waals surface area contributed by atoms with Crippen LogP contribution < -0.4 is 39.4 Å². The van der Waals surface area contributed by atoms with Crippen LogP contribution in [0, 0.1) is 0 Å². The molecule has 3 N–H and O–H groups in total. The highest BCUT2D eigenvalue weighted by Crippen LogP contribution is 2.21. The van der Waals surface area contributed by atoms with Crippen molar-refractivity contribution in [1.82, 2.24) is 0 Å². The molecule has 0 aromatic heterocycles. The first-order valence-electron chi connectivity index (χ1n) is 9.46. The zero-order valence-electron chi connectivity index (χ0n) is 15.6. The van der Waals surface area contributed by atoms with Crippen LogP contribution in [0.5, 0.6) is 5.75 Å². The number of allylic oxidation sites excluding steroid dienone is 1. The fraction of sp³-hybridized carbons (Fsp3) is 0.600. The van der Waals surface area contributed by atoms with Gasteiger partial charge in [0.1, 0.15) is 37.6 Å². The molecule has 0 radical (unpaired) electrons. The molecular formula is C20H32Cl2N2O2. The highest BCUT2D eigenvalue weighted by Gasteiger charge is 2.25. The third kappa shape index (κ3) is 6.43. The van der Waals surface area contributed by atoms with Crippen molar-refractivity contribution in [3.05, 3.63) is 35.9 Å². The van der Waals surface area contributed by atoms with Gasteiger partial charge in [-0.1, -0.05) is 6.08 Å². The van der Waals surface area contributed by atoms with E-state index in [9.17, 15) is 5.11 Å². The zero-order valence-corrected chi connectivity index (χ0v) is 17.2. The third-order valence-electron chi connectivity index (χ3n) is 5.58. The molecule has 1 aromatic carbocycles. The van der Waals surface area contributed by atoms with E-state index in [4.69, 9.17) is 4.74 Å². The summed E-state index contributed by atoms with van der Waals surface area (Å²) in [6.45, 7) is 5.80. The number of rotatable bonds is 6. The van der Waals surface area contributed by atoms with Gasteiger partial charge in [-0.25, -0.2) is 0 Å². The number of methoxy groups -OCH3 is 1. The second-order valence-corrected chi connectivity index (χ2v) is 7.16. The van der Waals surface area contributed by atoms with Gasteiger partial charge in [-0.3, -0.25) is 4.90 Å². The number of aliphatic hydroxyl groups is 1. The number of piperazine rings is 1. The quantitative estimate of drug-likeness (QED) is 0.415. The summed E-state index contributed by atoms with van der Waals surface area (Å²) in [7, 11) is 1.71. The Labute approximate surface area is 170 Å². The lowest BCUT2D eigenvalue weighted by Crippen LogP contribution is -3.26. The number of hydrogen-bond acceptors (Lipinski definition) is 2. The van der Waals surface area contributed by atoms with Gasteiger partial charge in [0.25, 0.3) is 0 Å². The van der Waals surface area contributed by atoms with Gasteiger partial charge in [-0.2, -0.15) is 0 Å². The fourth-order valence-corrected chi connectivity index (χ4v) is 3.96. The summed E-state index contributed by atoms with van der Waals surface area (Å²) in [5.74, 6) is 0.924. The molecule has 3 rings (SSSR count). The first-order valence-corrected chi connectivity index (χ1v) is 9.46. The average Bonchev–Trinajstić information content (AvgIpc) is 2.67. The molecular weight excluding hydrogens is 371 g/mol. The number of benzene rings is 1. The Bertz CT molecular complexity index is 543. The molecule has 0 spiro atoms. The van der Waals surface area contributed by atoms with E-state index in [0.29, 0.717) is 0 Å². The molecule has 1 saturated heterocycles. The second kappa shape index (κ2) is 11.8. The SMILES string of the molecule is COc1ccc([NH+]2CC[NH+](CCC(O)C3=CCCCC3)CC2)cc1.[Cl-].[Cl-]. The Balaban J connectivity index is 0.00000169. The molecule has 0 saturated carbocycles. The van der Waals surface area contributed by atoms with E-state index >= 15 is 0 Å². The van der Waals surface area contributed by atoms with Gasteiger partial charge >= 0.3 is 0 Å². The van der Waals surface area contributed by atoms with Crippen LogP contribution in [0.1, 0.15) is 32.1 Å². The largest absolute Gasteiger partial charge is 1.00 e. The summed E-state index contributed by atoms with van der Waals surface area (Å²) in [5.41, 5.74) is 2.66. The molecule has 0 bridgehead atoms. The monoisotopic (exact) mass is 402 g/mol. The lowest BCUT2D eigenvalue weighted by molar-refractivity contribution is -0.986. The average molecular weight is 403 g/mol. The number of quaternary nitrogens is 2. The van der Waals surface area contributed by atoms with E-state index in [2.05, 4.69) is 30.3 Å². The molecule has 1 aliphatic carbocycles. The van der Waals surface area contributed by atoms with Crippen LogP contribution in [0.25, 0.3) is 0 Å². The van der Waals surface area contributed by atoms with Crippen LogP contribution in [-0.4, -0.2) is 51.0 Å². The maximum atomic E-state index is 10.4. The lowest BCUT2D eigenvalue weighted by Gasteiger charge is -2.30. The molecule has 1 aliphatic heterocycles. The number of hydrogen-bond donors (Lipinski definition) is 3. The first-order chi connectivity index (χ1) is 11.8. The standard InChI is InChI=1S/C20H30N2O2.2ClH/c1-24-19-9-7-18(8-10-19)22-15-13-21(14-16-22)12-11-20(23)17-5-3-2-4-6-17;;/h5,7-10,20,23H,2-4,6,11-16H2,1H3;2*1H. The summed E-state index contributed by atoms with van der Waals surface area (Å²) in [6.07, 6.45) is 7.78. The van der Waals surface area contributed by atoms with Gasteiger partial charge in [0.15, 0.2) is 0 Å². The molecule has 26 heavy (non-hydrogen) atoms. The van der Waals surface area contributed by atoms with Crippen molar-refractivity contribution in [3.8, 4) is 5.75 Å². The summed E-state index contributed by atoms with van der Waals surface area (Å²) in [6, 6.07) is 8.46. The van der Waals surface area contributed by atoms with Gasteiger partial charge in [-0.05, 0) is 43.4 Å². The van der Waals surface area contributed by atoms with E-state index in [1.165, 1.54) is 50.3 Å². The minimum Gasteiger partial charge on any atom is -1.00 e. The number of aliphatic hydroxyl groups excluding tert-OH is 1. The van der Waals surface area contributed by atoms with E-state index in [1.807, 2.05) is 0 Å². The molecule has 1 atom stereocenters. The minimum absolute atomic E-state index is 0. The van der Waals surface area contributed by atoms with Crippen molar-refractivity contribution in [2.45, 2.75) is 38.2 Å². The molecule has 1 unspecified atom stereocenters. The van der Waals surface area contributed by atoms with Gasteiger partial charge in [0.05, 0.1) is 19.8 Å². The summed E-state index contributed by atoms with van der Waals surface area (Å²) in [4.78, 5) is 3.21. The molecule has 4 nitrogen and oxygen atoms in total. The Morgan fingerprint density at radius 2 is 1.73 bits per heavy atom. The van der Waals surface area contributed by atoms with Crippen molar-refractivity contribution in [1.29, 1.82) is 0 Å². The third-order valence-corrected chi connectivity index (χ3v) is 5.58. The van der Waals surface area contributed by atoms with Crippen LogP contribution in [-0.2, 0) is 0 Å². The van der Waals surface area contributed by atoms with Crippen molar-refractivity contribution < 1.29 is 44.5 Å². The van der Waals surface area contributed by atoms with Crippen LogP contribution >= 0.6 is 0 Å². The molecule has 2 aliphatic rings. The van der Waals surface area contributed by atoms with Gasteiger partial charge in [-0.15, -0.1) is 0 Å².